The highest BCUT2D eigenvalue weighted by Gasteiger charge is 2.30. The topological polar surface area (TPSA) is 179 Å². The van der Waals surface area contributed by atoms with Crippen LogP contribution in [-0.2, 0) is 40.8 Å². The molecule has 7 rings (SSSR count). The molecule has 0 radical (unpaired) electrons. The molecule has 306 valence electrons. The fourth-order valence-corrected chi connectivity index (χ4v) is 7.08. The number of ether oxygens (including phenoxy) is 4. The Hall–Kier alpha value is -6.68. The highest BCUT2D eigenvalue weighted by molar-refractivity contribution is 6.36. The Morgan fingerprint density at radius 2 is 1.66 bits per heavy atom. The van der Waals surface area contributed by atoms with Crippen molar-refractivity contribution in [1.29, 1.82) is 0 Å². The molecule has 2 aromatic carbocycles. The third-order valence-electron chi connectivity index (χ3n) is 10.1. The van der Waals surface area contributed by atoms with Crippen molar-refractivity contribution in [1.82, 2.24) is 24.4 Å². The lowest BCUT2D eigenvalue weighted by Gasteiger charge is -2.30. The zero-order valence-corrected chi connectivity index (χ0v) is 34.1. The predicted molar refractivity (Wildman–Crippen MR) is 218 cm³/mol. The van der Waals surface area contributed by atoms with Gasteiger partial charge in [-0.2, -0.15) is 0 Å². The van der Waals surface area contributed by atoms with Crippen LogP contribution in [0.4, 0.5) is 21.9 Å². The smallest absolute Gasteiger partial charge is 0.413 e. The number of benzene rings is 2. The lowest BCUT2D eigenvalue weighted by molar-refractivity contribution is -0.170. The average Bonchev–Trinajstić information content (AvgIpc) is 3.57. The van der Waals surface area contributed by atoms with Crippen molar-refractivity contribution in [2.24, 2.45) is 13.0 Å². The first-order valence-corrected chi connectivity index (χ1v) is 19.3. The molecule has 2 aliphatic heterocycles. The first-order chi connectivity index (χ1) is 28.3. The number of nitrogens with zero attached hydrogens (tertiary/aromatic N) is 6. The van der Waals surface area contributed by atoms with Crippen LogP contribution in [0.1, 0.15) is 64.4 Å². The lowest BCUT2D eigenvalue weighted by Crippen LogP contribution is -2.39. The van der Waals surface area contributed by atoms with Crippen LogP contribution in [0.3, 0.4) is 0 Å². The standard InChI is InChI=1S/C42H43ClN8O8/c1-23(2)41(54)58-25(4)59-42(55)50-16-14-34-33(21-50)46-38(49(34)5)40(53)48-31-12-8-10-29(37(31)43)28-9-7-11-30(24(28)3)47-39(52)32-18-35-26(19-45-32)20-51(22-57-35)27-13-15-44-36(17-27)56-6/h7-13,15,17-19,23,25H,14,16,20-22H2,1-6H3,(H,47,52)(H,48,53). The van der Waals surface area contributed by atoms with Crippen LogP contribution in [0.15, 0.2) is 67.0 Å². The van der Waals surface area contributed by atoms with Gasteiger partial charge >= 0.3 is 12.1 Å². The number of fused-ring (bicyclic) bond motifs is 2. The molecule has 17 heteroatoms. The van der Waals surface area contributed by atoms with E-state index in [1.54, 1.807) is 69.2 Å². The molecule has 16 nitrogen and oxygen atoms in total. The molecular formula is C42H43ClN8O8. The molecule has 5 heterocycles. The van der Waals surface area contributed by atoms with E-state index < -0.39 is 30.2 Å². The molecule has 59 heavy (non-hydrogen) atoms. The molecule has 0 aliphatic carbocycles. The van der Waals surface area contributed by atoms with E-state index in [1.165, 1.54) is 11.8 Å². The fourth-order valence-electron chi connectivity index (χ4n) is 6.81. The van der Waals surface area contributed by atoms with Crippen LogP contribution in [0.25, 0.3) is 11.1 Å². The molecular weight excluding hydrogens is 780 g/mol. The van der Waals surface area contributed by atoms with E-state index >= 15 is 0 Å². The van der Waals surface area contributed by atoms with Crippen LogP contribution < -0.4 is 25.0 Å². The Bertz CT molecular complexity index is 2450. The first-order valence-electron chi connectivity index (χ1n) is 18.9. The molecule has 0 saturated carbocycles. The lowest BCUT2D eigenvalue weighted by atomic mass is 9.98. The van der Waals surface area contributed by atoms with Crippen LogP contribution in [0.2, 0.25) is 5.02 Å². The Balaban J connectivity index is 1.02. The summed E-state index contributed by atoms with van der Waals surface area (Å²) in [5.74, 6) is -0.532. The number of methoxy groups -OCH3 is 1. The van der Waals surface area contributed by atoms with E-state index in [0.29, 0.717) is 58.8 Å². The maximum Gasteiger partial charge on any atom is 0.413 e. The number of rotatable bonds is 10. The Kier molecular flexibility index (Phi) is 11.7. The van der Waals surface area contributed by atoms with E-state index in [1.807, 2.05) is 42.2 Å². The van der Waals surface area contributed by atoms with E-state index in [0.717, 1.165) is 28.1 Å². The third kappa shape index (κ3) is 8.62. The van der Waals surface area contributed by atoms with Gasteiger partial charge in [0.25, 0.3) is 11.8 Å². The van der Waals surface area contributed by atoms with Gasteiger partial charge in [0.05, 0.1) is 42.5 Å². The van der Waals surface area contributed by atoms with E-state index in [2.05, 4.69) is 25.6 Å². The van der Waals surface area contributed by atoms with Crippen molar-refractivity contribution in [3.63, 3.8) is 0 Å². The van der Waals surface area contributed by atoms with E-state index in [-0.39, 0.29) is 30.7 Å². The van der Waals surface area contributed by atoms with E-state index in [9.17, 15) is 19.2 Å². The number of halogens is 1. The molecule has 2 N–H and O–H groups in total. The van der Waals surface area contributed by atoms with Crippen molar-refractivity contribution in [3.8, 4) is 22.8 Å². The van der Waals surface area contributed by atoms with Crippen molar-refractivity contribution in [2.75, 3.05) is 35.9 Å². The van der Waals surface area contributed by atoms with Gasteiger partial charge in [0, 0.05) is 79.7 Å². The first kappa shape index (κ1) is 40.5. The summed E-state index contributed by atoms with van der Waals surface area (Å²) in [6.45, 7) is 7.97. The minimum Gasteiger partial charge on any atom is -0.481 e. The zero-order valence-electron chi connectivity index (χ0n) is 33.4. The van der Waals surface area contributed by atoms with Crippen LogP contribution in [0.5, 0.6) is 11.6 Å². The predicted octanol–water partition coefficient (Wildman–Crippen LogP) is 6.75. The van der Waals surface area contributed by atoms with Gasteiger partial charge in [0.2, 0.25) is 12.2 Å². The van der Waals surface area contributed by atoms with Gasteiger partial charge in [-0.3, -0.25) is 19.4 Å². The Morgan fingerprint density at radius 1 is 0.915 bits per heavy atom. The summed E-state index contributed by atoms with van der Waals surface area (Å²) in [4.78, 5) is 68.5. The van der Waals surface area contributed by atoms with Crippen LogP contribution >= 0.6 is 11.6 Å². The van der Waals surface area contributed by atoms with Crippen molar-refractivity contribution in [3.05, 3.63) is 106 Å². The van der Waals surface area contributed by atoms with Gasteiger partial charge in [-0.05, 0) is 36.2 Å². The summed E-state index contributed by atoms with van der Waals surface area (Å²) in [6.07, 6.45) is 2.03. The molecule has 0 fully saturated rings. The summed E-state index contributed by atoms with van der Waals surface area (Å²) in [5.41, 5.74) is 6.30. The summed E-state index contributed by atoms with van der Waals surface area (Å²) in [7, 11) is 3.30. The summed E-state index contributed by atoms with van der Waals surface area (Å²) >= 11 is 6.96. The van der Waals surface area contributed by atoms with Gasteiger partial charge < -0.3 is 43.9 Å². The van der Waals surface area contributed by atoms with Crippen molar-refractivity contribution < 1.29 is 38.1 Å². The minimum absolute atomic E-state index is 0.112. The highest BCUT2D eigenvalue weighted by Crippen LogP contribution is 2.38. The SMILES string of the molecule is COc1cc(N2COc3cc(C(=O)Nc4cccc(-c5cccc(NC(=O)c6nc7c(n6C)CCN(C(=O)OC(C)OC(=O)C(C)C)C7)c5Cl)c4C)ncc3C2)ccn1. The monoisotopic (exact) mass is 822 g/mol. The van der Waals surface area contributed by atoms with Gasteiger partial charge in [0.15, 0.2) is 12.6 Å². The maximum atomic E-state index is 13.7. The molecule has 3 aromatic heterocycles. The molecule has 3 amide bonds. The number of anilines is 3. The largest absolute Gasteiger partial charge is 0.481 e. The van der Waals surface area contributed by atoms with Crippen molar-refractivity contribution >= 4 is 52.5 Å². The highest BCUT2D eigenvalue weighted by atomic mass is 35.5. The van der Waals surface area contributed by atoms with Gasteiger partial charge in [-0.15, -0.1) is 0 Å². The number of esters is 1. The van der Waals surface area contributed by atoms with Gasteiger partial charge in [0.1, 0.15) is 11.4 Å². The Labute approximate surface area is 345 Å². The number of aromatic nitrogens is 4. The molecule has 0 spiro atoms. The molecule has 1 unspecified atom stereocenters. The normalized spacial score (nSPS) is 13.8. The average molecular weight is 823 g/mol. The number of nitrogens with one attached hydrogen (secondary N) is 2. The van der Waals surface area contributed by atoms with Gasteiger partial charge in [-0.25, -0.2) is 14.8 Å². The number of carbonyl (C=O) groups is 4. The van der Waals surface area contributed by atoms with Crippen LogP contribution in [-0.4, -0.2) is 75.0 Å². The number of carbonyl (C=O) groups excluding carboxylic acids is 4. The number of pyridine rings is 2. The maximum absolute atomic E-state index is 13.7. The van der Waals surface area contributed by atoms with Gasteiger partial charge in [-0.1, -0.05) is 49.7 Å². The third-order valence-corrected chi connectivity index (χ3v) is 10.5. The second-order valence-electron chi connectivity index (χ2n) is 14.4. The summed E-state index contributed by atoms with van der Waals surface area (Å²) in [6, 6.07) is 16.1. The molecule has 5 aromatic rings. The quantitative estimate of drug-likeness (QED) is 0.112. The molecule has 0 bridgehead atoms. The summed E-state index contributed by atoms with van der Waals surface area (Å²) in [5, 5.41) is 6.16. The molecule has 2 aliphatic rings. The number of imidazole rings is 1. The van der Waals surface area contributed by atoms with E-state index in [4.69, 9.17) is 30.5 Å². The Morgan fingerprint density at radius 3 is 2.42 bits per heavy atom. The molecule has 1 atom stereocenters. The number of amides is 3. The second kappa shape index (κ2) is 17.0. The fraction of sp³-hybridized carbons (Fsp3) is 0.310. The van der Waals surface area contributed by atoms with Crippen molar-refractivity contribution in [2.45, 2.75) is 53.5 Å². The molecule has 0 saturated heterocycles. The second-order valence-corrected chi connectivity index (χ2v) is 14.7. The number of hydrogen-bond acceptors (Lipinski definition) is 12. The zero-order chi connectivity index (χ0) is 42.0. The minimum atomic E-state index is -1.06. The van der Waals surface area contributed by atoms with Crippen LogP contribution in [0, 0.1) is 12.8 Å². The number of hydrogen-bond donors (Lipinski definition) is 2. The summed E-state index contributed by atoms with van der Waals surface area (Å²) < 4.78 is 23.4.